The van der Waals surface area contributed by atoms with Gasteiger partial charge in [0, 0.05) is 31.3 Å². The van der Waals surface area contributed by atoms with Gasteiger partial charge in [0.05, 0.1) is 34.3 Å². The molecule has 238 valence electrons. The van der Waals surface area contributed by atoms with Crippen molar-refractivity contribution < 1.29 is 30.8 Å². The molecule has 0 radical (unpaired) electrons. The van der Waals surface area contributed by atoms with Crippen molar-refractivity contribution in [2.24, 2.45) is 21.8 Å². The topological polar surface area (TPSA) is 122 Å². The molecular weight excluding hydrogens is 610 g/mol. The summed E-state index contributed by atoms with van der Waals surface area (Å²) in [6.07, 6.45) is 1.98. The Morgan fingerprint density at radius 3 is 2.27 bits per heavy atom. The van der Waals surface area contributed by atoms with Gasteiger partial charge < -0.3 is 10.6 Å². The van der Waals surface area contributed by atoms with E-state index < -0.39 is 46.0 Å². The zero-order valence-corrected chi connectivity index (χ0v) is 25.1. The SMILES string of the molecule is NC=C(C(=O)N1C[C@@H](c2ccccc2)C(F)(F)C1)C(=Nc1ccc(F)cc1F)C1CCN(Cc2ccc(S(N)(=O)=O)cc2)CC1. The van der Waals surface area contributed by atoms with E-state index >= 15 is 8.78 Å². The highest BCUT2D eigenvalue weighted by Crippen LogP contribution is 2.41. The van der Waals surface area contributed by atoms with Crippen LogP contribution in [0.2, 0.25) is 0 Å². The molecule has 0 saturated carbocycles. The summed E-state index contributed by atoms with van der Waals surface area (Å²) < 4.78 is 81.9. The molecule has 0 spiro atoms. The van der Waals surface area contributed by atoms with Crippen LogP contribution in [0.5, 0.6) is 0 Å². The number of nitrogens with two attached hydrogens (primary N) is 2. The molecule has 2 heterocycles. The van der Waals surface area contributed by atoms with E-state index in [9.17, 15) is 22.0 Å². The van der Waals surface area contributed by atoms with Gasteiger partial charge in [0.2, 0.25) is 10.0 Å². The summed E-state index contributed by atoms with van der Waals surface area (Å²) in [4.78, 5) is 21.4. The number of carbonyl (C=O) groups is 1. The van der Waals surface area contributed by atoms with Crippen molar-refractivity contribution in [3.8, 4) is 0 Å². The van der Waals surface area contributed by atoms with E-state index in [1.807, 2.05) is 0 Å². The highest BCUT2D eigenvalue weighted by molar-refractivity contribution is 7.89. The van der Waals surface area contributed by atoms with Crippen molar-refractivity contribution in [3.05, 3.63) is 107 Å². The summed E-state index contributed by atoms with van der Waals surface area (Å²) in [5, 5.41) is 5.18. The number of hydrogen-bond donors (Lipinski definition) is 2. The lowest BCUT2D eigenvalue weighted by atomic mass is 9.87. The summed E-state index contributed by atoms with van der Waals surface area (Å²) in [6.45, 7) is 0.531. The molecule has 5 rings (SSSR count). The largest absolute Gasteiger partial charge is 0.404 e. The van der Waals surface area contributed by atoms with Crippen LogP contribution in [0.3, 0.4) is 0 Å². The number of rotatable bonds is 8. The minimum Gasteiger partial charge on any atom is -0.404 e. The number of alkyl halides is 2. The summed E-state index contributed by atoms with van der Waals surface area (Å²) in [5.74, 6) is -7.26. The van der Waals surface area contributed by atoms with E-state index in [2.05, 4.69) is 9.89 Å². The Bertz CT molecular complexity index is 1710. The van der Waals surface area contributed by atoms with E-state index in [4.69, 9.17) is 10.9 Å². The molecule has 0 bridgehead atoms. The van der Waals surface area contributed by atoms with E-state index in [1.165, 1.54) is 12.1 Å². The first-order valence-electron chi connectivity index (χ1n) is 14.4. The Morgan fingerprint density at radius 2 is 1.67 bits per heavy atom. The highest BCUT2D eigenvalue weighted by atomic mass is 32.2. The van der Waals surface area contributed by atoms with Crippen molar-refractivity contribution >= 4 is 27.3 Å². The number of primary sulfonamides is 1. The third kappa shape index (κ3) is 7.43. The van der Waals surface area contributed by atoms with Gasteiger partial charge in [-0.3, -0.25) is 9.69 Å². The second kappa shape index (κ2) is 13.1. The van der Waals surface area contributed by atoms with Crippen LogP contribution in [0.4, 0.5) is 23.2 Å². The summed E-state index contributed by atoms with van der Waals surface area (Å²) in [6, 6.07) is 17.3. The number of benzene rings is 3. The fraction of sp³-hybridized carbons (Fsp3) is 0.312. The van der Waals surface area contributed by atoms with Crippen LogP contribution in [0.25, 0.3) is 0 Å². The molecule has 2 aliphatic rings. The molecule has 13 heteroatoms. The lowest BCUT2D eigenvalue weighted by molar-refractivity contribution is -0.127. The second-order valence-corrected chi connectivity index (χ2v) is 12.9. The van der Waals surface area contributed by atoms with Crippen LogP contribution < -0.4 is 10.9 Å². The van der Waals surface area contributed by atoms with Gasteiger partial charge in [-0.25, -0.2) is 36.1 Å². The first-order chi connectivity index (χ1) is 21.4. The third-order valence-electron chi connectivity index (χ3n) is 8.26. The molecule has 3 aromatic carbocycles. The van der Waals surface area contributed by atoms with Crippen molar-refractivity contribution in [2.45, 2.75) is 36.1 Å². The Labute approximate surface area is 259 Å². The molecule has 8 nitrogen and oxygen atoms in total. The van der Waals surface area contributed by atoms with Crippen molar-refractivity contribution in [3.63, 3.8) is 0 Å². The van der Waals surface area contributed by atoms with Gasteiger partial charge in [0.25, 0.3) is 11.8 Å². The fourth-order valence-electron chi connectivity index (χ4n) is 5.89. The van der Waals surface area contributed by atoms with Gasteiger partial charge in [0.1, 0.15) is 5.82 Å². The Hall–Kier alpha value is -4.07. The lowest BCUT2D eigenvalue weighted by Gasteiger charge is -2.33. The molecule has 1 amide bonds. The van der Waals surface area contributed by atoms with E-state index in [-0.39, 0.29) is 34.3 Å². The monoisotopic (exact) mass is 643 g/mol. The van der Waals surface area contributed by atoms with Crippen LogP contribution in [-0.4, -0.2) is 61.9 Å². The molecule has 4 N–H and O–H groups in total. The van der Waals surface area contributed by atoms with Gasteiger partial charge in [-0.2, -0.15) is 0 Å². The van der Waals surface area contributed by atoms with Gasteiger partial charge in [-0.15, -0.1) is 0 Å². The number of piperidine rings is 1. The first kappa shape index (κ1) is 32.3. The number of carbonyl (C=O) groups excluding carboxylic acids is 1. The molecule has 2 saturated heterocycles. The predicted molar refractivity (Wildman–Crippen MR) is 162 cm³/mol. The number of aliphatic imine (C=N–C) groups is 1. The number of likely N-dealkylation sites (tertiary alicyclic amines) is 2. The lowest BCUT2D eigenvalue weighted by Crippen LogP contribution is -2.40. The fourth-order valence-corrected chi connectivity index (χ4v) is 6.40. The summed E-state index contributed by atoms with van der Waals surface area (Å²) >= 11 is 0. The molecular formula is C32H33F4N5O3S. The van der Waals surface area contributed by atoms with Crippen LogP contribution in [-0.2, 0) is 21.4 Å². The average molecular weight is 644 g/mol. The molecule has 2 aliphatic heterocycles. The highest BCUT2D eigenvalue weighted by Gasteiger charge is 2.50. The zero-order chi connectivity index (χ0) is 32.4. The number of nitrogens with zero attached hydrogens (tertiary/aromatic N) is 3. The smallest absolute Gasteiger partial charge is 0.273 e. The van der Waals surface area contributed by atoms with Crippen LogP contribution >= 0.6 is 0 Å². The molecule has 45 heavy (non-hydrogen) atoms. The number of hydrogen-bond acceptors (Lipinski definition) is 6. The zero-order valence-electron chi connectivity index (χ0n) is 24.3. The normalized spacial score (nSPS) is 20.0. The molecule has 0 aliphatic carbocycles. The second-order valence-electron chi connectivity index (χ2n) is 11.3. The van der Waals surface area contributed by atoms with Gasteiger partial charge in [-0.05, 0) is 61.3 Å². The molecule has 1 atom stereocenters. The molecule has 0 aromatic heterocycles. The van der Waals surface area contributed by atoms with E-state index in [1.54, 1.807) is 42.5 Å². The minimum absolute atomic E-state index is 0.00968. The van der Waals surface area contributed by atoms with Crippen molar-refractivity contribution in [1.82, 2.24) is 9.80 Å². The maximum atomic E-state index is 15.2. The van der Waals surface area contributed by atoms with Crippen molar-refractivity contribution in [2.75, 3.05) is 26.2 Å². The Morgan fingerprint density at radius 1 is 1.00 bits per heavy atom. The molecule has 3 aromatic rings. The Balaban J connectivity index is 1.37. The first-order valence-corrected chi connectivity index (χ1v) is 15.9. The molecule has 2 fully saturated rings. The third-order valence-corrected chi connectivity index (χ3v) is 9.19. The number of halogens is 4. The van der Waals surface area contributed by atoms with Crippen LogP contribution in [0.1, 0.15) is 29.9 Å². The standard InChI is InChI=1S/C32H33F4N5O3S/c33-24-8-11-29(28(34)16-24)39-30(23-12-14-40(15-13-23)18-21-6-9-25(10-7-21)45(38,43)44)26(17-37)31(42)41-19-27(32(35,36)20-41)22-4-2-1-3-5-22/h1-11,16-17,23,27H,12-15,18-20,37H2,(H2,38,43,44)/t27-/m0/s1. The van der Waals surface area contributed by atoms with E-state index in [0.29, 0.717) is 44.1 Å². The van der Waals surface area contributed by atoms with Crippen LogP contribution in [0.15, 0.2) is 94.5 Å². The van der Waals surface area contributed by atoms with Crippen LogP contribution in [0, 0.1) is 17.6 Å². The number of amides is 1. The molecule has 0 unspecified atom stereocenters. The average Bonchev–Trinajstić information content (AvgIpc) is 3.33. The van der Waals surface area contributed by atoms with E-state index in [0.717, 1.165) is 28.8 Å². The maximum Gasteiger partial charge on any atom is 0.273 e. The van der Waals surface area contributed by atoms with Gasteiger partial charge in [0.15, 0.2) is 5.82 Å². The number of sulfonamides is 1. The quantitative estimate of drug-likeness (QED) is 0.209. The van der Waals surface area contributed by atoms with Gasteiger partial charge in [-0.1, -0.05) is 42.5 Å². The van der Waals surface area contributed by atoms with Gasteiger partial charge >= 0.3 is 0 Å². The minimum atomic E-state index is -3.81. The predicted octanol–water partition coefficient (Wildman–Crippen LogP) is 4.70. The maximum absolute atomic E-state index is 15.2. The van der Waals surface area contributed by atoms with Crippen molar-refractivity contribution in [1.29, 1.82) is 0 Å². The summed E-state index contributed by atoms with van der Waals surface area (Å²) in [7, 11) is -3.81. The Kier molecular flexibility index (Phi) is 9.42. The summed E-state index contributed by atoms with van der Waals surface area (Å²) in [5.41, 5.74) is 7.06.